The summed E-state index contributed by atoms with van der Waals surface area (Å²) in [5.41, 5.74) is 0. The molecule has 0 aliphatic carbocycles. The second-order valence-corrected chi connectivity index (χ2v) is 21.9. The molecule has 6 radical (unpaired) electrons. The number of para-hydroxylation sites is 2. The Kier molecular flexibility index (Phi) is 6.39. The summed E-state index contributed by atoms with van der Waals surface area (Å²) in [6.45, 7) is 0.241. The topological polar surface area (TPSA) is 148 Å². The van der Waals surface area contributed by atoms with Crippen LogP contribution in [0.15, 0.2) is 24.3 Å². The van der Waals surface area contributed by atoms with Crippen LogP contribution in [0.4, 0.5) is 0 Å². The van der Waals surface area contributed by atoms with E-state index in [0.717, 1.165) is 0 Å². The van der Waals surface area contributed by atoms with E-state index in [-0.39, 0.29) is 26.4 Å². The van der Waals surface area contributed by atoms with Gasteiger partial charge in [0.25, 0.3) is 0 Å². The molecule has 8 rings (SSSR count). The van der Waals surface area contributed by atoms with E-state index in [0.29, 0.717) is 11.5 Å². The highest BCUT2D eigenvalue weighted by molar-refractivity contribution is 6.87. The summed E-state index contributed by atoms with van der Waals surface area (Å²) in [4.78, 5) is 0. The first-order valence-electron chi connectivity index (χ1n) is 9.70. The SMILES string of the molecule is c1ccc2c(c1)OCCO[Si]13O[Si]4O[Si]5O[Si]6O[Si](O4)O[Si](OCCO2)(O[Si](O6)O[Si](O5)O1)O3. The van der Waals surface area contributed by atoms with Gasteiger partial charge in [-0.3, -0.25) is 0 Å². The average Bonchev–Trinajstić information content (AvgIpc) is 2.73. The van der Waals surface area contributed by atoms with Crippen LogP contribution in [0.5, 0.6) is 11.5 Å². The smallest absolute Gasteiger partial charge is 0.487 e. The number of hydrogen-bond acceptors (Lipinski definition) is 16. The van der Waals surface area contributed by atoms with Gasteiger partial charge in [-0.15, -0.1) is 0 Å². The maximum atomic E-state index is 6.26. The molecule has 180 valence electrons. The van der Waals surface area contributed by atoms with Crippen LogP contribution in [0, 0.1) is 0 Å². The Balaban J connectivity index is 1.27. The van der Waals surface area contributed by atoms with Gasteiger partial charge in [0.1, 0.15) is 13.2 Å². The third-order valence-electron chi connectivity index (χ3n) is 4.34. The summed E-state index contributed by atoms with van der Waals surface area (Å²) in [6.07, 6.45) is 0. The molecular formula is C10H12O16Si8. The number of benzene rings is 1. The van der Waals surface area contributed by atoms with E-state index in [1.807, 2.05) is 12.1 Å². The van der Waals surface area contributed by atoms with E-state index in [1.54, 1.807) is 12.1 Å². The summed E-state index contributed by atoms with van der Waals surface area (Å²) in [5, 5.41) is 0. The minimum absolute atomic E-state index is 0.000593. The fourth-order valence-electron chi connectivity index (χ4n) is 3.04. The summed E-state index contributed by atoms with van der Waals surface area (Å²) in [7, 11) is -23.5. The molecule has 7 aliphatic heterocycles. The van der Waals surface area contributed by atoms with Gasteiger partial charge in [-0.2, -0.15) is 0 Å². The molecule has 0 amide bonds. The van der Waals surface area contributed by atoms with Crippen molar-refractivity contribution in [2.75, 3.05) is 26.4 Å². The molecule has 2 spiro atoms. The summed E-state index contributed by atoms with van der Waals surface area (Å²) in [6, 6.07) is 7.23. The molecule has 7 aliphatic rings. The van der Waals surface area contributed by atoms with Gasteiger partial charge in [0.2, 0.25) is 0 Å². The molecule has 0 N–H and O–H groups in total. The molecule has 1 aromatic carbocycles. The number of rotatable bonds is 0. The lowest BCUT2D eigenvalue weighted by Gasteiger charge is -2.46. The standard InChI is InChI=1S/C10H12O16Si8/c1-2-4-10-9(3-1)11-5-7-13-33-22-29-16-27-15-28-18-31(20-29)24-34(26-33,14-8-6-12-10)25-32(19-28)21-30(17-27)23-33/h1-4H,5-8H2. The maximum absolute atomic E-state index is 6.26. The first-order valence-corrected chi connectivity index (χ1v) is 20.3. The van der Waals surface area contributed by atoms with Gasteiger partial charge in [-0.25, -0.2) is 0 Å². The monoisotopic (exact) mass is 612 g/mol. The fraction of sp³-hybridized carbons (Fsp3) is 0.400. The predicted octanol–water partition coefficient (Wildman–Crippen LogP) is -2.46. The third-order valence-corrected chi connectivity index (χ3v) is 23.5. The van der Waals surface area contributed by atoms with E-state index < -0.39 is 75.3 Å². The molecule has 0 unspecified atom stereocenters. The van der Waals surface area contributed by atoms with E-state index in [2.05, 4.69) is 0 Å². The van der Waals surface area contributed by atoms with Crippen molar-refractivity contribution in [2.24, 2.45) is 0 Å². The van der Waals surface area contributed by atoms with Crippen LogP contribution in [0.2, 0.25) is 0 Å². The maximum Gasteiger partial charge on any atom is 0.658 e. The first kappa shape index (κ1) is 23.1. The van der Waals surface area contributed by atoms with Crippen molar-refractivity contribution in [2.45, 2.75) is 0 Å². The van der Waals surface area contributed by atoms with Gasteiger partial charge in [0.15, 0.2) is 11.5 Å². The number of fused-ring (bicyclic) bond motifs is 1. The Bertz CT molecular complexity index is 819. The van der Waals surface area contributed by atoms with Gasteiger partial charge >= 0.3 is 75.3 Å². The van der Waals surface area contributed by atoms with Crippen molar-refractivity contribution in [1.82, 2.24) is 0 Å². The van der Waals surface area contributed by atoms with Crippen molar-refractivity contribution in [1.29, 1.82) is 0 Å². The van der Waals surface area contributed by atoms with Crippen LogP contribution >= 0.6 is 0 Å². The van der Waals surface area contributed by atoms with Gasteiger partial charge in [-0.1, -0.05) is 12.1 Å². The zero-order valence-electron chi connectivity index (χ0n) is 16.7. The Morgan fingerprint density at radius 1 is 0.500 bits per heavy atom. The second kappa shape index (κ2) is 9.38. The van der Waals surface area contributed by atoms with Crippen molar-refractivity contribution in [3.8, 4) is 11.5 Å². The predicted molar refractivity (Wildman–Crippen MR) is 108 cm³/mol. The average molecular weight is 613 g/mol. The van der Waals surface area contributed by atoms with Crippen LogP contribution in [0.3, 0.4) is 0 Å². The molecule has 6 fully saturated rings. The van der Waals surface area contributed by atoms with E-state index in [4.69, 9.17) is 67.7 Å². The molecular weight excluding hydrogens is 601 g/mol. The summed E-state index contributed by atoms with van der Waals surface area (Å²) >= 11 is 0. The number of hydrogen-bond donors (Lipinski definition) is 0. The van der Waals surface area contributed by atoms with E-state index >= 15 is 0 Å². The van der Waals surface area contributed by atoms with Gasteiger partial charge in [-0.05, 0) is 12.1 Å². The van der Waals surface area contributed by atoms with Crippen LogP contribution in [-0.4, -0.2) is 102 Å². The van der Waals surface area contributed by atoms with Crippen molar-refractivity contribution < 1.29 is 67.7 Å². The van der Waals surface area contributed by atoms with Crippen LogP contribution in [-0.2, 0) is 58.2 Å². The van der Waals surface area contributed by atoms with Crippen LogP contribution in [0.25, 0.3) is 0 Å². The highest BCUT2D eigenvalue weighted by Crippen LogP contribution is 2.35. The molecule has 7 heterocycles. The molecule has 0 aromatic heterocycles. The fourth-order valence-corrected chi connectivity index (χ4v) is 26.4. The summed E-state index contributed by atoms with van der Waals surface area (Å²) < 4.78 is 95.2. The van der Waals surface area contributed by atoms with E-state index in [1.165, 1.54) is 0 Å². The molecule has 24 heteroatoms. The van der Waals surface area contributed by atoms with Crippen molar-refractivity contribution in [3.05, 3.63) is 24.3 Å². The molecule has 8 bridgehead atoms. The third kappa shape index (κ3) is 4.69. The summed E-state index contributed by atoms with van der Waals surface area (Å²) in [5.74, 6) is 1.08. The molecule has 6 saturated heterocycles. The van der Waals surface area contributed by atoms with Crippen LogP contribution < -0.4 is 9.47 Å². The molecule has 1 aromatic rings. The van der Waals surface area contributed by atoms with Gasteiger partial charge in [0, 0.05) is 0 Å². The van der Waals surface area contributed by atoms with Crippen LogP contribution in [0.1, 0.15) is 0 Å². The first-order chi connectivity index (χ1) is 16.6. The Morgan fingerprint density at radius 2 is 0.882 bits per heavy atom. The molecule has 34 heavy (non-hydrogen) atoms. The minimum atomic E-state index is -4.15. The highest BCUT2D eigenvalue weighted by atomic mass is 28.6. The zero-order chi connectivity index (χ0) is 22.6. The van der Waals surface area contributed by atoms with E-state index in [9.17, 15) is 0 Å². The Morgan fingerprint density at radius 3 is 1.32 bits per heavy atom. The largest absolute Gasteiger partial charge is 0.658 e. The molecule has 16 nitrogen and oxygen atoms in total. The normalized spacial score (nSPS) is 36.5. The minimum Gasteiger partial charge on any atom is -0.487 e. The van der Waals surface area contributed by atoms with Gasteiger partial charge < -0.3 is 67.7 Å². The Hall–Kier alpha value is -0.00494. The van der Waals surface area contributed by atoms with Crippen molar-refractivity contribution in [3.63, 3.8) is 0 Å². The lowest BCUT2D eigenvalue weighted by Crippen LogP contribution is -2.77. The lowest BCUT2D eigenvalue weighted by molar-refractivity contribution is -0.0567. The van der Waals surface area contributed by atoms with Gasteiger partial charge in [0.05, 0.1) is 13.2 Å². The highest BCUT2D eigenvalue weighted by Gasteiger charge is 2.73. The lowest BCUT2D eigenvalue weighted by atomic mass is 10.3. The number of ether oxygens (including phenoxy) is 2. The quantitative estimate of drug-likeness (QED) is 0.285. The molecule has 0 saturated carbocycles. The van der Waals surface area contributed by atoms with Crippen molar-refractivity contribution >= 4 is 75.3 Å². The second-order valence-electron chi connectivity index (χ2n) is 6.57. The Labute approximate surface area is 205 Å². The molecule has 0 atom stereocenters. The zero-order valence-corrected chi connectivity index (χ0v) is 24.7.